The number of hydrogen-bond acceptors (Lipinski definition) is 6. The topological polar surface area (TPSA) is 85.4 Å². The predicted molar refractivity (Wildman–Crippen MR) is 63.5 cm³/mol. The molecule has 1 aliphatic heterocycles. The Morgan fingerprint density at radius 3 is 3.11 bits per heavy atom. The summed E-state index contributed by atoms with van der Waals surface area (Å²) in [5, 5.41) is 13.3. The molecule has 0 saturated carbocycles. The molecule has 7 heteroatoms. The molecule has 1 fully saturated rings. The first-order valence-electron chi connectivity index (χ1n) is 5.80. The smallest absolute Gasteiger partial charge is 0.271 e. The summed E-state index contributed by atoms with van der Waals surface area (Å²) in [6, 6.07) is 3.19. The maximum atomic E-state index is 11.2. The molecule has 1 aromatic heterocycles. The minimum Gasteiger partial charge on any atom is -0.474 e. The van der Waals surface area contributed by atoms with Crippen molar-refractivity contribution >= 4 is 5.91 Å². The highest BCUT2D eigenvalue weighted by molar-refractivity contribution is 5.91. The molecule has 18 heavy (non-hydrogen) atoms. The normalized spacial score (nSPS) is 19.3. The Hall–Kier alpha value is -1.73. The number of nitrogens with one attached hydrogen (secondary N) is 2. The van der Waals surface area contributed by atoms with Gasteiger partial charge in [-0.1, -0.05) is 0 Å². The fourth-order valence-electron chi connectivity index (χ4n) is 1.55. The van der Waals surface area contributed by atoms with Gasteiger partial charge in [0, 0.05) is 26.2 Å². The summed E-state index contributed by atoms with van der Waals surface area (Å²) in [7, 11) is 1.54. The van der Waals surface area contributed by atoms with E-state index in [-0.39, 0.29) is 17.7 Å². The first-order valence-corrected chi connectivity index (χ1v) is 5.80. The van der Waals surface area contributed by atoms with Crippen LogP contribution < -0.4 is 15.4 Å². The molecule has 0 spiro atoms. The largest absolute Gasteiger partial charge is 0.474 e. The third-order valence-corrected chi connectivity index (χ3v) is 2.52. The third-order valence-electron chi connectivity index (χ3n) is 2.52. The van der Waals surface area contributed by atoms with Gasteiger partial charge in [-0.15, -0.1) is 10.2 Å². The standard InChI is InChI=1S/C11H16N4O3/c1-12-11(16)9-2-3-10(15-14-9)18-7-8-6-13-4-5-17-8/h2-3,8,13H,4-7H2,1H3,(H,12,16). The van der Waals surface area contributed by atoms with Crippen molar-refractivity contribution in [3.63, 3.8) is 0 Å². The van der Waals surface area contributed by atoms with Gasteiger partial charge in [-0.05, 0) is 6.07 Å². The van der Waals surface area contributed by atoms with Crippen LogP contribution in [0.25, 0.3) is 0 Å². The quantitative estimate of drug-likeness (QED) is 0.730. The molecule has 1 amide bonds. The van der Waals surface area contributed by atoms with Gasteiger partial charge in [-0.2, -0.15) is 0 Å². The van der Waals surface area contributed by atoms with Crippen LogP contribution in [0.4, 0.5) is 0 Å². The molecule has 1 atom stereocenters. The predicted octanol–water partition coefficient (Wildman–Crippen LogP) is -0.797. The summed E-state index contributed by atoms with van der Waals surface area (Å²) >= 11 is 0. The molecule has 1 aromatic rings. The second kappa shape index (κ2) is 6.27. The van der Waals surface area contributed by atoms with Gasteiger partial charge in [-0.25, -0.2) is 0 Å². The van der Waals surface area contributed by atoms with Crippen LogP contribution in [0.5, 0.6) is 5.88 Å². The first-order chi connectivity index (χ1) is 8.79. The fraction of sp³-hybridized carbons (Fsp3) is 0.545. The van der Waals surface area contributed by atoms with Gasteiger partial charge >= 0.3 is 0 Å². The zero-order valence-electron chi connectivity index (χ0n) is 10.2. The molecule has 0 aromatic carbocycles. The fourth-order valence-corrected chi connectivity index (χ4v) is 1.55. The van der Waals surface area contributed by atoms with Gasteiger partial charge < -0.3 is 20.1 Å². The minimum atomic E-state index is -0.270. The van der Waals surface area contributed by atoms with Crippen molar-refractivity contribution in [1.29, 1.82) is 0 Å². The molecule has 2 N–H and O–H groups in total. The summed E-state index contributed by atoms with van der Waals surface area (Å²) in [6.45, 7) is 2.75. The number of amides is 1. The van der Waals surface area contributed by atoms with E-state index in [0.29, 0.717) is 19.1 Å². The van der Waals surface area contributed by atoms with E-state index in [0.717, 1.165) is 13.1 Å². The monoisotopic (exact) mass is 252 g/mol. The van der Waals surface area contributed by atoms with Crippen LogP contribution in [0.15, 0.2) is 12.1 Å². The van der Waals surface area contributed by atoms with Crippen LogP contribution >= 0.6 is 0 Å². The molecule has 98 valence electrons. The van der Waals surface area contributed by atoms with Gasteiger partial charge in [0.1, 0.15) is 12.7 Å². The zero-order valence-corrected chi connectivity index (χ0v) is 10.2. The summed E-state index contributed by atoms with van der Waals surface area (Å²) < 4.78 is 10.9. The van der Waals surface area contributed by atoms with Gasteiger partial charge in [-0.3, -0.25) is 4.79 Å². The highest BCUT2D eigenvalue weighted by Crippen LogP contribution is 2.06. The summed E-state index contributed by atoms with van der Waals surface area (Å²) in [5.41, 5.74) is 0.264. The zero-order chi connectivity index (χ0) is 12.8. The lowest BCUT2D eigenvalue weighted by molar-refractivity contribution is -0.000944. The van der Waals surface area contributed by atoms with Crippen LogP contribution in [0.3, 0.4) is 0 Å². The van der Waals surface area contributed by atoms with Crippen LogP contribution in [0.1, 0.15) is 10.5 Å². The molecular formula is C11H16N4O3. The van der Waals surface area contributed by atoms with Crippen molar-refractivity contribution in [2.45, 2.75) is 6.10 Å². The van der Waals surface area contributed by atoms with Crippen molar-refractivity contribution in [3.05, 3.63) is 17.8 Å². The van der Waals surface area contributed by atoms with E-state index >= 15 is 0 Å². The molecule has 0 radical (unpaired) electrons. The highest BCUT2D eigenvalue weighted by atomic mass is 16.5. The lowest BCUT2D eigenvalue weighted by Gasteiger charge is -2.23. The number of nitrogens with zero attached hydrogens (tertiary/aromatic N) is 2. The van der Waals surface area contributed by atoms with Gasteiger partial charge in [0.05, 0.1) is 6.61 Å². The molecule has 0 aliphatic carbocycles. The number of aromatic nitrogens is 2. The Kier molecular flexibility index (Phi) is 4.43. The van der Waals surface area contributed by atoms with Crippen molar-refractivity contribution in [1.82, 2.24) is 20.8 Å². The Morgan fingerprint density at radius 1 is 1.61 bits per heavy atom. The third kappa shape index (κ3) is 3.38. The molecule has 7 nitrogen and oxygen atoms in total. The highest BCUT2D eigenvalue weighted by Gasteiger charge is 2.14. The van der Waals surface area contributed by atoms with E-state index in [9.17, 15) is 4.79 Å². The number of rotatable bonds is 4. The minimum absolute atomic E-state index is 0.0270. The average Bonchev–Trinajstić information content (AvgIpc) is 2.46. The molecular weight excluding hydrogens is 236 g/mol. The van der Waals surface area contributed by atoms with E-state index < -0.39 is 0 Å². The number of morpholine rings is 1. The second-order valence-corrected chi connectivity index (χ2v) is 3.84. The Labute approximate surface area is 105 Å². The maximum absolute atomic E-state index is 11.2. The molecule has 2 rings (SSSR count). The van der Waals surface area contributed by atoms with E-state index in [1.165, 1.54) is 0 Å². The SMILES string of the molecule is CNC(=O)c1ccc(OCC2CNCCO2)nn1. The Bertz CT molecular complexity index is 390. The number of carbonyl (C=O) groups excluding carboxylic acids is 1. The van der Waals surface area contributed by atoms with Crippen LogP contribution in [-0.4, -0.2) is 55.6 Å². The lowest BCUT2D eigenvalue weighted by Crippen LogP contribution is -2.41. The van der Waals surface area contributed by atoms with Crippen molar-refractivity contribution in [2.75, 3.05) is 33.4 Å². The van der Waals surface area contributed by atoms with E-state index in [1.54, 1.807) is 19.2 Å². The maximum Gasteiger partial charge on any atom is 0.271 e. The molecule has 1 saturated heterocycles. The first kappa shape index (κ1) is 12.7. The Morgan fingerprint density at radius 2 is 2.50 bits per heavy atom. The summed E-state index contributed by atoms with van der Waals surface area (Å²) in [5.74, 6) is 0.116. The van der Waals surface area contributed by atoms with Crippen molar-refractivity contribution < 1.29 is 14.3 Å². The van der Waals surface area contributed by atoms with Crippen molar-refractivity contribution in [2.24, 2.45) is 0 Å². The number of hydrogen-bond donors (Lipinski definition) is 2. The number of ether oxygens (including phenoxy) is 2. The van der Waals surface area contributed by atoms with Crippen LogP contribution in [-0.2, 0) is 4.74 Å². The Balaban J connectivity index is 1.84. The second-order valence-electron chi connectivity index (χ2n) is 3.84. The summed E-state index contributed by atoms with van der Waals surface area (Å²) in [6.07, 6.45) is 0.0270. The molecule has 2 heterocycles. The van der Waals surface area contributed by atoms with Gasteiger partial charge in [0.25, 0.3) is 5.91 Å². The number of carbonyl (C=O) groups is 1. The van der Waals surface area contributed by atoms with Gasteiger partial charge in [0.15, 0.2) is 5.69 Å². The molecule has 1 aliphatic rings. The van der Waals surface area contributed by atoms with E-state index in [4.69, 9.17) is 9.47 Å². The van der Waals surface area contributed by atoms with E-state index in [2.05, 4.69) is 20.8 Å². The van der Waals surface area contributed by atoms with Crippen LogP contribution in [0.2, 0.25) is 0 Å². The van der Waals surface area contributed by atoms with E-state index in [1.807, 2.05) is 0 Å². The van der Waals surface area contributed by atoms with Gasteiger partial charge in [0.2, 0.25) is 5.88 Å². The molecule has 0 bridgehead atoms. The lowest BCUT2D eigenvalue weighted by atomic mass is 10.3. The van der Waals surface area contributed by atoms with Crippen molar-refractivity contribution in [3.8, 4) is 5.88 Å². The molecule has 1 unspecified atom stereocenters. The average molecular weight is 252 g/mol. The summed E-state index contributed by atoms with van der Waals surface area (Å²) in [4.78, 5) is 11.2. The van der Waals surface area contributed by atoms with Crippen LogP contribution in [0, 0.1) is 0 Å².